The maximum Gasteiger partial charge on any atom is 0.261 e. The molecule has 0 aliphatic carbocycles. The Labute approximate surface area is 119 Å². The van der Waals surface area contributed by atoms with E-state index in [2.05, 4.69) is 4.98 Å². The SMILES string of the molecule is CN1C(=O)c2ccc(-c3nc4ccccc4o3)cc2C1=O. The molecular formula is C16H10N2O3. The molecule has 0 radical (unpaired) electrons. The summed E-state index contributed by atoms with van der Waals surface area (Å²) < 4.78 is 5.68. The summed E-state index contributed by atoms with van der Waals surface area (Å²) >= 11 is 0. The van der Waals surface area contributed by atoms with Crippen molar-refractivity contribution in [3.05, 3.63) is 53.6 Å². The Morgan fingerprint density at radius 1 is 1.00 bits per heavy atom. The molecule has 0 N–H and O–H groups in total. The number of amides is 2. The number of para-hydroxylation sites is 2. The van der Waals surface area contributed by atoms with Gasteiger partial charge in [-0.25, -0.2) is 4.98 Å². The lowest BCUT2D eigenvalue weighted by Crippen LogP contribution is -2.24. The number of hydrogen-bond donors (Lipinski definition) is 0. The Hall–Kier alpha value is -2.95. The van der Waals surface area contributed by atoms with Gasteiger partial charge in [0, 0.05) is 12.6 Å². The van der Waals surface area contributed by atoms with E-state index >= 15 is 0 Å². The van der Waals surface area contributed by atoms with Crippen molar-refractivity contribution in [3.63, 3.8) is 0 Å². The number of nitrogens with zero attached hydrogens (tertiary/aromatic N) is 2. The van der Waals surface area contributed by atoms with Crippen molar-refractivity contribution in [1.82, 2.24) is 9.88 Å². The summed E-state index contributed by atoms with van der Waals surface area (Å²) in [7, 11) is 1.48. The zero-order valence-corrected chi connectivity index (χ0v) is 11.2. The van der Waals surface area contributed by atoms with Crippen LogP contribution in [0.2, 0.25) is 0 Å². The van der Waals surface area contributed by atoms with Gasteiger partial charge >= 0.3 is 0 Å². The van der Waals surface area contributed by atoms with Crippen molar-refractivity contribution < 1.29 is 14.0 Å². The predicted molar refractivity (Wildman–Crippen MR) is 75.9 cm³/mol. The predicted octanol–water partition coefficient (Wildman–Crippen LogP) is 2.72. The summed E-state index contributed by atoms with van der Waals surface area (Å²) in [5, 5.41) is 0. The van der Waals surface area contributed by atoms with Crippen molar-refractivity contribution in [2.45, 2.75) is 0 Å². The molecule has 5 nitrogen and oxygen atoms in total. The van der Waals surface area contributed by atoms with Gasteiger partial charge in [-0.05, 0) is 30.3 Å². The number of rotatable bonds is 1. The van der Waals surface area contributed by atoms with E-state index in [0.29, 0.717) is 28.2 Å². The number of aromatic nitrogens is 1. The maximum absolute atomic E-state index is 12.0. The first-order chi connectivity index (χ1) is 10.1. The minimum absolute atomic E-state index is 0.279. The van der Waals surface area contributed by atoms with Gasteiger partial charge in [0.15, 0.2) is 5.58 Å². The third-order valence-electron chi connectivity index (χ3n) is 3.63. The van der Waals surface area contributed by atoms with Gasteiger partial charge in [-0.15, -0.1) is 0 Å². The number of benzene rings is 2. The van der Waals surface area contributed by atoms with Crippen LogP contribution >= 0.6 is 0 Å². The first-order valence-corrected chi connectivity index (χ1v) is 6.47. The average molecular weight is 278 g/mol. The zero-order chi connectivity index (χ0) is 14.6. The molecule has 0 saturated carbocycles. The molecule has 1 aliphatic rings. The molecule has 2 aromatic carbocycles. The lowest BCUT2D eigenvalue weighted by atomic mass is 10.1. The van der Waals surface area contributed by atoms with Crippen LogP contribution < -0.4 is 0 Å². The van der Waals surface area contributed by atoms with Crippen LogP contribution in [0.1, 0.15) is 20.7 Å². The van der Waals surface area contributed by atoms with Crippen LogP contribution in [0, 0.1) is 0 Å². The second kappa shape index (κ2) is 4.02. The van der Waals surface area contributed by atoms with Crippen molar-refractivity contribution in [3.8, 4) is 11.5 Å². The van der Waals surface area contributed by atoms with Crippen molar-refractivity contribution in [2.24, 2.45) is 0 Å². The van der Waals surface area contributed by atoms with Crippen LogP contribution in [0.3, 0.4) is 0 Å². The number of carbonyl (C=O) groups excluding carboxylic acids is 2. The summed E-state index contributed by atoms with van der Waals surface area (Å²) in [5.74, 6) is -0.138. The topological polar surface area (TPSA) is 63.4 Å². The second-order valence-corrected chi connectivity index (χ2v) is 4.92. The summed E-state index contributed by atoms with van der Waals surface area (Å²) in [4.78, 5) is 29.4. The molecule has 0 unspecified atom stereocenters. The van der Waals surface area contributed by atoms with E-state index < -0.39 is 0 Å². The van der Waals surface area contributed by atoms with E-state index in [1.807, 2.05) is 24.3 Å². The third kappa shape index (κ3) is 1.61. The molecule has 21 heavy (non-hydrogen) atoms. The Morgan fingerprint density at radius 2 is 1.76 bits per heavy atom. The summed E-state index contributed by atoms with van der Waals surface area (Å²) in [6.07, 6.45) is 0. The molecule has 5 heteroatoms. The largest absolute Gasteiger partial charge is 0.436 e. The first kappa shape index (κ1) is 11.8. The smallest absolute Gasteiger partial charge is 0.261 e. The monoisotopic (exact) mass is 278 g/mol. The van der Waals surface area contributed by atoms with Gasteiger partial charge in [0.05, 0.1) is 11.1 Å². The van der Waals surface area contributed by atoms with Gasteiger partial charge in [0.1, 0.15) is 5.52 Å². The molecule has 1 aromatic heterocycles. The molecule has 0 spiro atoms. The quantitative estimate of drug-likeness (QED) is 0.642. The number of hydrogen-bond acceptors (Lipinski definition) is 4. The molecule has 102 valence electrons. The van der Waals surface area contributed by atoms with Gasteiger partial charge in [0.2, 0.25) is 5.89 Å². The summed E-state index contributed by atoms with van der Waals surface area (Å²) in [5.41, 5.74) is 2.94. The maximum atomic E-state index is 12.0. The Balaban J connectivity index is 1.88. The fourth-order valence-corrected chi connectivity index (χ4v) is 2.49. The molecule has 0 saturated heterocycles. The van der Waals surface area contributed by atoms with E-state index in [-0.39, 0.29) is 11.8 Å². The van der Waals surface area contributed by atoms with Crippen LogP contribution in [0.4, 0.5) is 0 Å². The van der Waals surface area contributed by atoms with Gasteiger partial charge in [-0.1, -0.05) is 12.1 Å². The third-order valence-corrected chi connectivity index (χ3v) is 3.63. The van der Waals surface area contributed by atoms with E-state index in [0.717, 1.165) is 10.4 Å². The van der Waals surface area contributed by atoms with Crippen LogP contribution in [-0.4, -0.2) is 28.7 Å². The fourth-order valence-electron chi connectivity index (χ4n) is 2.49. The zero-order valence-electron chi connectivity index (χ0n) is 11.2. The lowest BCUT2D eigenvalue weighted by Gasteiger charge is -2.02. The van der Waals surface area contributed by atoms with Crippen LogP contribution in [0.5, 0.6) is 0 Å². The van der Waals surface area contributed by atoms with E-state index in [1.165, 1.54) is 7.05 Å². The molecule has 0 atom stereocenters. The Morgan fingerprint density at radius 3 is 2.57 bits per heavy atom. The van der Waals surface area contributed by atoms with Gasteiger partial charge in [-0.3, -0.25) is 14.5 Å². The highest BCUT2D eigenvalue weighted by molar-refractivity contribution is 6.21. The van der Waals surface area contributed by atoms with E-state index in [1.54, 1.807) is 18.2 Å². The number of carbonyl (C=O) groups is 2. The molecule has 3 aromatic rings. The standard InChI is InChI=1S/C16H10N2O3/c1-18-15(19)10-7-6-9(8-11(10)16(18)20)14-17-12-4-2-3-5-13(12)21-14/h2-8H,1H3. The Kier molecular flexibility index (Phi) is 2.27. The van der Waals surface area contributed by atoms with Gasteiger partial charge < -0.3 is 4.42 Å². The molecule has 2 heterocycles. The second-order valence-electron chi connectivity index (χ2n) is 4.92. The normalized spacial score (nSPS) is 14.0. The summed E-state index contributed by atoms with van der Waals surface area (Å²) in [6.45, 7) is 0. The van der Waals surface area contributed by atoms with Crippen LogP contribution in [0.15, 0.2) is 46.9 Å². The molecule has 4 rings (SSSR count). The van der Waals surface area contributed by atoms with Crippen molar-refractivity contribution in [2.75, 3.05) is 7.05 Å². The average Bonchev–Trinajstić information content (AvgIpc) is 3.03. The number of fused-ring (bicyclic) bond motifs is 2. The molecule has 2 amide bonds. The lowest BCUT2D eigenvalue weighted by molar-refractivity contribution is 0.0693. The van der Waals surface area contributed by atoms with Gasteiger partial charge in [-0.2, -0.15) is 0 Å². The van der Waals surface area contributed by atoms with Crippen molar-refractivity contribution >= 4 is 22.9 Å². The fraction of sp³-hybridized carbons (Fsp3) is 0.0625. The number of oxazole rings is 1. The highest BCUT2D eigenvalue weighted by atomic mass is 16.3. The first-order valence-electron chi connectivity index (χ1n) is 6.47. The minimum Gasteiger partial charge on any atom is -0.436 e. The Bertz CT molecular complexity index is 878. The number of imide groups is 1. The molecule has 0 fully saturated rings. The molecular weight excluding hydrogens is 268 g/mol. The summed E-state index contributed by atoms with van der Waals surface area (Å²) in [6, 6.07) is 12.5. The highest BCUT2D eigenvalue weighted by Gasteiger charge is 2.33. The molecule has 0 bridgehead atoms. The van der Waals surface area contributed by atoms with Gasteiger partial charge in [0.25, 0.3) is 11.8 Å². The van der Waals surface area contributed by atoms with E-state index in [4.69, 9.17) is 4.42 Å². The van der Waals surface area contributed by atoms with Crippen molar-refractivity contribution in [1.29, 1.82) is 0 Å². The van der Waals surface area contributed by atoms with Crippen LogP contribution in [0.25, 0.3) is 22.6 Å². The van der Waals surface area contributed by atoms with Crippen LogP contribution in [-0.2, 0) is 0 Å². The van der Waals surface area contributed by atoms with E-state index in [9.17, 15) is 9.59 Å². The minimum atomic E-state index is -0.298. The molecule has 1 aliphatic heterocycles. The highest BCUT2D eigenvalue weighted by Crippen LogP contribution is 2.29.